The van der Waals surface area contributed by atoms with E-state index in [1.54, 1.807) is 18.2 Å². The first-order chi connectivity index (χ1) is 19.9. The van der Waals surface area contributed by atoms with Gasteiger partial charge in [-0.3, -0.25) is 14.4 Å². The van der Waals surface area contributed by atoms with Crippen LogP contribution in [0, 0.1) is 0 Å². The van der Waals surface area contributed by atoms with E-state index in [0.717, 1.165) is 16.7 Å². The number of likely N-dealkylation sites (N-methyl/N-ethyl adjacent to an activating group) is 1. The quantitative estimate of drug-likeness (QED) is 0.413. The van der Waals surface area contributed by atoms with E-state index in [2.05, 4.69) is 10.6 Å². The highest BCUT2D eigenvalue weighted by Crippen LogP contribution is 2.48. The summed E-state index contributed by atoms with van der Waals surface area (Å²) < 4.78 is 5.33. The fourth-order valence-corrected chi connectivity index (χ4v) is 6.54. The summed E-state index contributed by atoms with van der Waals surface area (Å²) in [5.74, 6) is -0.0515. The Labute approximate surface area is 246 Å². The first kappa shape index (κ1) is 28.7. The lowest BCUT2D eigenvalue weighted by molar-refractivity contribution is -0.135. The van der Waals surface area contributed by atoms with E-state index in [9.17, 15) is 14.4 Å². The van der Waals surface area contributed by atoms with Gasteiger partial charge in [0.1, 0.15) is 5.75 Å². The van der Waals surface area contributed by atoms with Crippen LogP contribution in [-0.4, -0.2) is 55.4 Å². The van der Waals surface area contributed by atoms with Gasteiger partial charge in [0, 0.05) is 30.7 Å². The highest BCUT2D eigenvalue weighted by Gasteiger charge is 2.48. The van der Waals surface area contributed by atoms with E-state index in [0.29, 0.717) is 61.7 Å². The lowest BCUT2D eigenvalue weighted by Gasteiger charge is -2.42. The molecule has 0 saturated carbocycles. The maximum Gasteiger partial charge on any atom is 0.255 e. The number of likely N-dealkylation sites (tertiary alicyclic amines) is 1. The minimum Gasteiger partial charge on any atom is -0.496 e. The molecule has 3 aromatic rings. The van der Waals surface area contributed by atoms with E-state index >= 15 is 0 Å². The third-order valence-corrected chi connectivity index (χ3v) is 8.68. The van der Waals surface area contributed by atoms with E-state index in [4.69, 9.17) is 16.3 Å². The van der Waals surface area contributed by atoms with Crippen LogP contribution in [0.25, 0.3) is 0 Å². The number of methoxy groups -OCH3 is 1. The van der Waals surface area contributed by atoms with Crippen molar-refractivity contribution in [2.45, 2.75) is 50.0 Å². The number of hydrogen-bond donors (Lipinski definition) is 2. The number of carbonyl (C=O) groups excluding carboxylic acids is 3. The molecule has 0 aromatic heterocycles. The summed E-state index contributed by atoms with van der Waals surface area (Å²) in [7, 11) is 1.51. The van der Waals surface area contributed by atoms with Gasteiger partial charge in [-0.2, -0.15) is 0 Å². The average molecular weight is 574 g/mol. The molecule has 0 radical (unpaired) electrons. The highest BCUT2D eigenvalue weighted by atomic mass is 35.5. The molecule has 1 heterocycles. The van der Waals surface area contributed by atoms with Crippen molar-refractivity contribution < 1.29 is 19.1 Å². The second-order valence-corrected chi connectivity index (χ2v) is 11.2. The third-order valence-electron chi connectivity index (χ3n) is 8.44. The maximum absolute atomic E-state index is 13.9. The fraction of sp³-hybridized carbons (Fsp3) is 0.364. The zero-order valence-corrected chi connectivity index (χ0v) is 24.2. The monoisotopic (exact) mass is 573 g/mol. The Balaban J connectivity index is 1.32. The predicted molar refractivity (Wildman–Crippen MR) is 159 cm³/mol. The number of amides is 3. The summed E-state index contributed by atoms with van der Waals surface area (Å²) in [6.45, 7) is 3.57. The molecule has 0 unspecified atom stereocenters. The highest BCUT2D eigenvalue weighted by molar-refractivity contribution is 6.30. The number of nitrogens with one attached hydrogen (secondary N) is 2. The number of halogens is 1. The van der Waals surface area contributed by atoms with Crippen molar-refractivity contribution in [2.75, 3.05) is 26.7 Å². The van der Waals surface area contributed by atoms with Gasteiger partial charge in [0.25, 0.3) is 5.91 Å². The largest absolute Gasteiger partial charge is 0.496 e. The van der Waals surface area contributed by atoms with Gasteiger partial charge in [-0.15, -0.1) is 0 Å². The van der Waals surface area contributed by atoms with Gasteiger partial charge in [-0.1, -0.05) is 66.2 Å². The van der Waals surface area contributed by atoms with Crippen molar-refractivity contribution in [1.82, 2.24) is 15.5 Å². The summed E-state index contributed by atoms with van der Waals surface area (Å²) in [6.07, 6.45) is 2.45. The number of hydrogen-bond acceptors (Lipinski definition) is 4. The molecular formula is C33H36ClN3O4. The molecule has 41 heavy (non-hydrogen) atoms. The molecule has 2 N–H and O–H groups in total. The molecule has 3 aromatic carbocycles. The maximum atomic E-state index is 13.9. The van der Waals surface area contributed by atoms with Crippen LogP contribution in [-0.2, 0) is 15.0 Å². The number of ether oxygens (including phenoxy) is 1. The Morgan fingerprint density at radius 1 is 0.976 bits per heavy atom. The number of carbonyl (C=O) groups is 3. The number of benzene rings is 3. The molecule has 7 nitrogen and oxygen atoms in total. The summed E-state index contributed by atoms with van der Waals surface area (Å²) in [6, 6.07) is 22.7. The lowest BCUT2D eigenvalue weighted by atomic mass is 9.62. The molecule has 0 bridgehead atoms. The number of nitrogens with zero attached hydrogens (tertiary/aromatic N) is 1. The zero-order valence-electron chi connectivity index (χ0n) is 23.5. The first-order valence-electron chi connectivity index (χ1n) is 14.3. The van der Waals surface area contributed by atoms with Gasteiger partial charge in [-0.05, 0) is 67.5 Å². The molecule has 0 spiro atoms. The van der Waals surface area contributed by atoms with Crippen LogP contribution in [0.4, 0.5) is 0 Å². The molecule has 2 aliphatic rings. The molecule has 1 saturated heterocycles. The van der Waals surface area contributed by atoms with Gasteiger partial charge in [0.15, 0.2) is 0 Å². The predicted octanol–water partition coefficient (Wildman–Crippen LogP) is 5.07. The minimum atomic E-state index is -0.843. The minimum absolute atomic E-state index is 0.0292. The van der Waals surface area contributed by atoms with Crippen LogP contribution in [0.5, 0.6) is 5.75 Å². The molecular weight excluding hydrogens is 538 g/mol. The number of piperidine rings is 1. The Morgan fingerprint density at radius 3 is 2.39 bits per heavy atom. The Kier molecular flexibility index (Phi) is 8.64. The smallest absolute Gasteiger partial charge is 0.255 e. The fourth-order valence-electron chi connectivity index (χ4n) is 6.38. The summed E-state index contributed by atoms with van der Waals surface area (Å²) in [4.78, 5) is 42.5. The number of fused-ring (bicyclic) bond motifs is 1. The van der Waals surface area contributed by atoms with Gasteiger partial charge < -0.3 is 20.3 Å². The molecule has 8 heteroatoms. The summed E-state index contributed by atoms with van der Waals surface area (Å²) >= 11 is 6.04. The molecule has 214 valence electrons. The van der Waals surface area contributed by atoms with Gasteiger partial charge in [-0.25, -0.2) is 0 Å². The first-order valence-corrected chi connectivity index (χ1v) is 14.6. The second-order valence-electron chi connectivity index (χ2n) is 10.7. The van der Waals surface area contributed by atoms with E-state index in [1.807, 2.05) is 66.4 Å². The summed E-state index contributed by atoms with van der Waals surface area (Å²) in [5.41, 5.74) is 2.36. The second kappa shape index (κ2) is 12.4. The van der Waals surface area contributed by atoms with Crippen molar-refractivity contribution in [1.29, 1.82) is 0 Å². The van der Waals surface area contributed by atoms with Crippen molar-refractivity contribution in [3.8, 4) is 5.75 Å². The Hall–Kier alpha value is -3.84. The van der Waals surface area contributed by atoms with Gasteiger partial charge in [0.2, 0.25) is 11.8 Å². The van der Waals surface area contributed by atoms with E-state index in [-0.39, 0.29) is 29.7 Å². The molecule has 1 aliphatic heterocycles. The Bertz CT molecular complexity index is 1420. The SMILES string of the molecule is CCNC(=O)[C@]1(c2ccccc2)CC[C@@H](C(=O)N2CCC(NC(=O)c3ccc(Cl)cc3OC)CC2)c2ccccc21. The topological polar surface area (TPSA) is 87.7 Å². The summed E-state index contributed by atoms with van der Waals surface area (Å²) in [5, 5.41) is 6.66. The normalized spacial score (nSPS) is 20.6. The van der Waals surface area contributed by atoms with Crippen molar-refractivity contribution >= 4 is 29.3 Å². The van der Waals surface area contributed by atoms with Crippen LogP contribution in [0.3, 0.4) is 0 Å². The molecule has 3 amide bonds. The third kappa shape index (κ3) is 5.55. The van der Waals surface area contributed by atoms with Crippen LogP contribution >= 0.6 is 11.6 Å². The van der Waals surface area contributed by atoms with Crippen molar-refractivity contribution in [3.63, 3.8) is 0 Å². The standard InChI is InChI=1S/C33H36ClN3O4/c1-3-35-32(40)33(22-9-5-4-6-10-22)18-15-26(25-11-7-8-12-28(25)33)31(39)37-19-16-24(17-20-37)36-30(38)27-14-13-23(34)21-29(27)41-2/h4-14,21,24,26H,3,15-20H2,1-2H3,(H,35,40)(H,36,38)/t26-,33+/m1/s1. The van der Waals surface area contributed by atoms with Crippen LogP contribution in [0.1, 0.15) is 65.6 Å². The molecule has 1 aliphatic carbocycles. The molecule has 2 atom stereocenters. The van der Waals surface area contributed by atoms with Crippen molar-refractivity contribution in [2.24, 2.45) is 0 Å². The Morgan fingerprint density at radius 2 is 1.68 bits per heavy atom. The van der Waals surface area contributed by atoms with Crippen molar-refractivity contribution in [3.05, 3.63) is 100 Å². The average Bonchev–Trinajstić information content (AvgIpc) is 3.01. The lowest BCUT2D eigenvalue weighted by Crippen LogP contribution is -2.51. The van der Waals surface area contributed by atoms with Crippen LogP contribution in [0.15, 0.2) is 72.8 Å². The van der Waals surface area contributed by atoms with Crippen LogP contribution in [0.2, 0.25) is 5.02 Å². The van der Waals surface area contributed by atoms with E-state index in [1.165, 1.54) is 7.11 Å². The van der Waals surface area contributed by atoms with Crippen LogP contribution < -0.4 is 15.4 Å². The zero-order chi connectivity index (χ0) is 29.0. The van der Waals surface area contributed by atoms with E-state index < -0.39 is 5.41 Å². The number of rotatable bonds is 7. The van der Waals surface area contributed by atoms with Gasteiger partial charge >= 0.3 is 0 Å². The molecule has 5 rings (SSSR count). The molecule has 1 fully saturated rings. The van der Waals surface area contributed by atoms with Gasteiger partial charge in [0.05, 0.1) is 24.0 Å².